The van der Waals surface area contributed by atoms with Crippen LogP contribution in [0, 0.1) is 11.8 Å². The number of aliphatic hydroxyl groups is 1. The first-order chi connectivity index (χ1) is 13.1. The summed E-state index contributed by atoms with van der Waals surface area (Å²) in [6.45, 7) is 2.58. The van der Waals surface area contributed by atoms with Gasteiger partial charge in [0.15, 0.2) is 0 Å². The Morgan fingerprint density at radius 2 is 2.00 bits per heavy atom. The molecular weight excluding hydrogens is 346 g/mol. The molecule has 4 rings (SSSR count). The van der Waals surface area contributed by atoms with Crippen LogP contribution in [0.5, 0.6) is 0 Å². The standard InChI is InChI=1S/C20H27N3O4/c1-27-20(26)14-6-13(8-21-9-14)19(25)22-10-15-7-16(11-22)18(12-24)23-5-3-2-4-17(15)23/h6,8-9,15-18,24H,2-5,7,10-12H2,1H3/t15-,16+,17+,18+/m1/s1. The second kappa shape index (κ2) is 7.56. The molecule has 1 amide bonds. The van der Waals surface area contributed by atoms with Gasteiger partial charge in [-0.1, -0.05) is 6.42 Å². The van der Waals surface area contributed by atoms with Crippen molar-refractivity contribution < 1.29 is 19.4 Å². The van der Waals surface area contributed by atoms with E-state index in [-0.39, 0.29) is 24.1 Å². The maximum absolute atomic E-state index is 13.1. The molecule has 4 heterocycles. The lowest BCUT2D eigenvalue weighted by atomic mass is 9.72. The molecule has 2 bridgehead atoms. The zero-order valence-electron chi connectivity index (χ0n) is 15.7. The van der Waals surface area contributed by atoms with Gasteiger partial charge in [-0.2, -0.15) is 0 Å². The lowest BCUT2D eigenvalue weighted by molar-refractivity contribution is -0.0795. The van der Waals surface area contributed by atoms with Crippen LogP contribution in [0.25, 0.3) is 0 Å². The van der Waals surface area contributed by atoms with Crippen molar-refractivity contribution in [1.29, 1.82) is 0 Å². The summed E-state index contributed by atoms with van der Waals surface area (Å²) in [6, 6.07) is 2.16. The van der Waals surface area contributed by atoms with Gasteiger partial charge in [-0.15, -0.1) is 0 Å². The Balaban J connectivity index is 1.55. The topological polar surface area (TPSA) is 83.0 Å². The number of nitrogens with zero attached hydrogens (tertiary/aromatic N) is 3. The minimum absolute atomic E-state index is 0.0936. The molecule has 1 aromatic heterocycles. The first-order valence-corrected chi connectivity index (χ1v) is 9.81. The number of amides is 1. The number of ether oxygens (including phenoxy) is 1. The monoisotopic (exact) mass is 373 g/mol. The number of piperidine rings is 3. The lowest BCUT2D eigenvalue weighted by Crippen LogP contribution is -2.65. The van der Waals surface area contributed by atoms with Crippen LogP contribution in [0.15, 0.2) is 18.5 Å². The number of esters is 1. The molecule has 3 aliphatic rings. The Kier molecular flexibility index (Phi) is 5.14. The summed E-state index contributed by atoms with van der Waals surface area (Å²) in [6.07, 6.45) is 7.57. The van der Waals surface area contributed by atoms with Crippen LogP contribution < -0.4 is 0 Å². The summed E-state index contributed by atoms with van der Waals surface area (Å²) in [5, 5.41) is 10.0. The molecule has 0 spiro atoms. The first kappa shape index (κ1) is 18.4. The highest BCUT2D eigenvalue weighted by molar-refractivity contribution is 5.97. The van der Waals surface area contributed by atoms with Crippen molar-refractivity contribution in [3.05, 3.63) is 29.6 Å². The van der Waals surface area contributed by atoms with Crippen molar-refractivity contribution in [1.82, 2.24) is 14.8 Å². The van der Waals surface area contributed by atoms with Crippen molar-refractivity contribution in [2.24, 2.45) is 11.8 Å². The van der Waals surface area contributed by atoms with Gasteiger partial charge >= 0.3 is 5.97 Å². The van der Waals surface area contributed by atoms with Gasteiger partial charge in [0.2, 0.25) is 0 Å². The van der Waals surface area contributed by atoms with E-state index >= 15 is 0 Å². The quantitative estimate of drug-likeness (QED) is 0.801. The van der Waals surface area contributed by atoms with E-state index in [1.165, 1.54) is 32.3 Å². The van der Waals surface area contributed by atoms with E-state index in [0.717, 1.165) is 25.9 Å². The highest BCUT2D eigenvalue weighted by atomic mass is 16.5. The molecule has 27 heavy (non-hydrogen) atoms. The van der Waals surface area contributed by atoms with Crippen LogP contribution in [0.4, 0.5) is 0 Å². The van der Waals surface area contributed by atoms with E-state index in [1.54, 1.807) is 6.07 Å². The van der Waals surface area contributed by atoms with Crippen molar-refractivity contribution in [2.45, 2.75) is 37.8 Å². The molecule has 0 unspecified atom stereocenters. The molecule has 0 radical (unpaired) electrons. The fraction of sp³-hybridized carbons (Fsp3) is 0.650. The van der Waals surface area contributed by atoms with Gasteiger partial charge in [-0.25, -0.2) is 4.79 Å². The predicted octanol–water partition coefficient (Wildman–Crippen LogP) is 1.18. The number of fused-ring (bicyclic) bond motifs is 4. The molecule has 0 aliphatic carbocycles. The van der Waals surface area contributed by atoms with Gasteiger partial charge in [-0.05, 0) is 43.7 Å². The Labute approximate surface area is 159 Å². The van der Waals surface area contributed by atoms with E-state index in [0.29, 0.717) is 30.0 Å². The summed E-state index contributed by atoms with van der Waals surface area (Å²) in [7, 11) is 1.31. The third-order valence-electron chi connectivity index (χ3n) is 6.50. The van der Waals surface area contributed by atoms with E-state index in [2.05, 4.69) is 9.88 Å². The molecule has 0 saturated carbocycles. The van der Waals surface area contributed by atoms with Crippen LogP contribution in [0.1, 0.15) is 46.4 Å². The number of pyridine rings is 1. The molecule has 3 saturated heterocycles. The molecule has 1 N–H and O–H groups in total. The highest BCUT2D eigenvalue weighted by Gasteiger charge is 2.47. The number of hydrogen-bond donors (Lipinski definition) is 1. The predicted molar refractivity (Wildman–Crippen MR) is 98.3 cm³/mol. The normalized spacial score (nSPS) is 30.5. The Morgan fingerprint density at radius 3 is 2.78 bits per heavy atom. The molecule has 3 aliphatic heterocycles. The van der Waals surface area contributed by atoms with E-state index in [9.17, 15) is 14.7 Å². The average Bonchev–Trinajstić information content (AvgIpc) is 2.73. The average molecular weight is 373 g/mol. The fourth-order valence-electron chi connectivity index (χ4n) is 5.29. The van der Waals surface area contributed by atoms with Crippen molar-refractivity contribution >= 4 is 11.9 Å². The third-order valence-corrected chi connectivity index (χ3v) is 6.50. The number of rotatable bonds is 3. The molecule has 4 atom stereocenters. The highest BCUT2D eigenvalue weighted by Crippen LogP contribution is 2.41. The van der Waals surface area contributed by atoms with Crippen LogP contribution >= 0.6 is 0 Å². The third kappa shape index (κ3) is 3.34. The largest absolute Gasteiger partial charge is 0.465 e. The van der Waals surface area contributed by atoms with Gasteiger partial charge in [0, 0.05) is 37.6 Å². The number of methoxy groups -OCH3 is 1. The molecule has 7 heteroatoms. The number of aromatic nitrogens is 1. The number of carbonyl (C=O) groups excluding carboxylic acids is 2. The molecule has 7 nitrogen and oxygen atoms in total. The van der Waals surface area contributed by atoms with Gasteiger partial charge in [0.1, 0.15) is 0 Å². The second-order valence-corrected chi connectivity index (χ2v) is 7.97. The zero-order valence-corrected chi connectivity index (χ0v) is 15.7. The second-order valence-electron chi connectivity index (χ2n) is 7.97. The molecule has 3 fully saturated rings. The van der Waals surface area contributed by atoms with E-state index < -0.39 is 5.97 Å². The molecule has 0 aromatic carbocycles. The Hall–Kier alpha value is -1.99. The van der Waals surface area contributed by atoms with Crippen LogP contribution in [0.3, 0.4) is 0 Å². The number of likely N-dealkylation sites (tertiary alicyclic amines) is 1. The van der Waals surface area contributed by atoms with Crippen molar-refractivity contribution in [3.8, 4) is 0 Å². The Morgan fingerprint density at radius 1 is 1.22 bits per heavy atom. The summed E-state index contributed by atoms with van der Waals surface area (Å²) in [5.41, 5.74) is 0.700. The zero-order chi connectivity index (χ0) is 19.0. The summed E-state index contributed by atoms with van der Waals surface area (Å²) < 4.78 is 4.73. The summed E-state index contributed by atoms with van der Waals surface area (Å²) in [4.78, 5) is 33.3. The van der Waals surface area contributed by atoms with Gasteiger partial charge in [0.25, 0.3) is 5.91 Å². The van der Waals surface area contributed by atoms with Crippen molar-refractivity contribution in [3.63, 3.8) is 0 Å². The summed E-state index contributed by atoms with van der Waals surface area (Å²) >= 11 is 0. The minimum Gasteiger partial charge on any atom is -0.465 e. The molecule has 1 aromatic rings. The minimum atomic E-state index is -0.495. The number of hydrogen-bond acceptors (Lipinski definition) is 6. The van der Waals surface area contributed by atoms with Gasteiger partial charge in [-0.3, -0.25) is 14.7 Å². The maximum atomic E-state index is 13.1. The maximum Gasteiger partial charge on any atom is 0.339 e. The van der Waals surface area contributed by atoms with Crippen molar-refractivity contribution in [2.75, 3.05) is 33.4 Å². The molecular formula is C20H27N3O4. The SMILES string of the molecule is COC(=O)c1cncc(C(=O)N2C[C@H]3C[C@@H](C2)[C@H](CO)N2CCCC[C@@H]32)c1. The smallest absolute Gasteiger partial charge is 0.339 e. The van der Waals surface area contributed by atoms with Gasteiger partial charge in [0.05, 0.1) is 24.8 Å². The first-order valence-electron chi connectivity index (χ1n) is 9.81. The lowest BCUT2D eigenvalue weighted by Gasteiger charge is -2.56. The van der Waals surface area contributed by atoms with E-state index in [1.807, 2.05) is 4.90 Å². The van der Waals surface area contributed by atoms with Crippen LogP contribution in [0.2, 0.25) is 0 Å². The Bertz CT molecular complexity index is 711. The number of carbonyl (C=O) groups is 2. The van der Waals surface area contributed by atoms with Crippen LogP contribution in [-0.2, 0) is 4.74 Å². The fourth-order valence-corrected chi connectivity index (χ4v) is 5.29. The van der Waals surface area contributed by atoms with E-state index in [4.69, 9.17) is 4.74 Å². The molecule has 146 valence electrons. The number of aliphatic hydroxyl groups excluding tert-OH is 1. The van der Waals surface area contributed by atoms with Crippen LogP contribution in [-0.4, -0.2) is 77.2 Å². The van der Waals surface area contributed by atoms with Gasteiger partial charge < -0.3 is 14.7 Å². The summed E-state index contributed by atoms with van der Waals surface area (Å²) in [5.74, 6) is 0.158.